The topological polar surface area (TPSA) is 66.3 Å². The van der Waals surface area contributed by atoms with Crippen LogP contribution in [-0.2, 0) is 13.0 Å². The van der Waals surface area contributed by atoms with Crippen molar-refractivity contribution in [2.45, 2.75) is 19.9 Å². The Bertz CT molecular complexity index is 718. The van der Waals surface area contributed by atoms with Crippen molar-refractivity contribution in [3.63, 3.8) is 0 Å². The van der Waals surface area contributed by atoms with Crippen LogP contribution in [-0.4, -0.2) is 27.6 Å². The first-order chi connectivity index (χ1) is 10.1. The predicted octanol–water partition coefficient (Wildman–Crippen LogP) is 2.81. The lowest BCUT2D eigenvalue weighted by Crippen LogP contribution is -2.32. The number of carboxylic acid groups (broad SMARTS) is 1. The van der Waals surface area contributed by atoms with E-state index < -0.39 is 5.97 Å². The maximum Gasteiger partial charge on any atom is 0.354 e. The molecule has 0 fully saturated rings. The van der Waals surface area contributed by atoms with E-state index in [-0.39, 0.29) is 5.69 Å². The Hall–Kier alpha value is -1.95. The van der Waals surface area contributed by atoms with E-state index in [4.69, 9.17) is 5.11 Å². The average Bonchev–Trinajstić information content (AvgIpc) is 2.46. The summed E-state index contributed by atoms with van der Waals surface area (Å²) in [6.07, 6.45) is 2.25. The van der Waals surface area contributed by atoms with E-state index in [9.17, 15) is 4.79 Å². The minimum Gasteiger partial charge on any atom is -0.476 e. The molecule has 21 heavy (non-hydrogen) atoms. The maximum absolute atomic E-state index is 11.2. The summed E-state index contributed by atoms with van der Waals surface area (Å²) in [6, 6.07) is 6.29. The first-order valence-corrected chi connectivity index (χ1v) is 7.42. The zero-order chi connectivity index (χ0) is 15.0. The second-order valence-corrected chi connectivity index (χ2v) is 5.98. The standard InChI is InChI=1S/C15H14BrN3O2/c1-9-13(15(20)21)17-8-18-14(9)19-5-4-10-2-3-12(16)6-11(10)7-19/h2-3,6,8H,4-5,7H2,1H3,(H,20,21). The molecule has 1 aliphatic rings. The Kier molecular flexibility index (Phi) is 3.63. The molecule has 1 aliphatic heterocycles. The Morgan fingerprint density at radius 1 is 1.33 bits per heavy atom. The van der Waals surface area contributed by atoms with Gasteiger partial charge in [-0.25, -0.2) is 14.8 Å². The summed E-state index contributed by atoms with van der Waals surface area (Å²) in [5, 5.41) is 9.17. The van der Waals surface area contributed by atoms with Crippen LogP contribution in [0.1, 0.15) is 27.2 Å². The molecule has 0 atom stereocenters. The Balaban J connectivity index is 1.96. The second-order valence-electron chi connectivity index (χ2n) is 5.06. The van der Waals surface area contributed by atoms with Crippen LogP contribution in [0, 0.1) is 6.92 Å². The van der Waals surface area contributed by atoms with Gasteiger partial charge < -0.3 is 10.0 Å². The third-order valence-electron chi connectivity index (χ3n) is 3.74. The summed E-state index contributed by atoms with van der Waals surface area (Å²) in [7, 11) is 0. The summed E-state index contributed by atoms with van der Waals surface area (Å²) in [5.74, 6) is -0.315. The highest BCUT2D eigenvalue weighted by Gasteiger charge is 2.22. The van der Waals surface area contributed by atoms with Crippen molar-refractivity contribution < 1.29 is 9.90 Å². The number of benzene rings is 1. The lowest BCUT2D eigenvalue weighted by atomic mass is 9.99. The van der Waals surface area contributed by atoms with Crippen LogP contribution in [0.2, 0.25) is 0 Å². The highest BCUT2D eigenvalue weighted by Crippen LogP contribution is 2.27. The van der Waals surface area contributed by atoms with Gasteiger partial charge in [-0.1, -0.05) is 22.0 Å². The number of anilines is 1. The number of carbonyl (C=O) groups is 1. The fraction of sp³-hybridized carbons (Fsp3) is 0.267. The summed E-state index contributed by atoms with van der Waals surface area (Å²) in [4.78, 5) is 21.4. The first-order valence-electron chi connectivity index (χ1n) is 6.63. The summed E-state index contributed by atoms with van der Waals surface area (Å²) in [5.41, 5.74) is 3.26. The van der Waals surface area contributed by atoms with Crippen molar-refractivity contribution in [1.82, 2.24) is 9.97 Å². The van der Waals surface area contributed by atoms with Crippen LogP contribution < -0.4 is 4.90 Å². The molecule has 2 heterocycles. The fourth-order valence-corrected chi connectivity index (χ4v) is 3.09. The zero-order valence-electron chi connectivity index (χ0n) is 11.5. The number of aromatic carboxylic acids is 1. The average molecular weight is 348 g/mol. The number of aromatic nitrogens is 2. The Morgan fingerprint density at radius 3 is 2.90 bits per heavy atom. The molecule has 1 N–H and O–H groups in total. The van der Waals surface area contributed by atoms with Gasteiger partial charge in [-0.3, -0.25) is 0 Å². The highest BCUT2D eigenvalue weighted by atomic mass is 79.9. The van der Waals surface area contributed by atoms with Crippen molar-refractivity contribution >= 4 is 27.7 Å². The molecule has 0 spiro atoms. The van der Waals surface area contributed by atoms with Gasteiger partial charge in [-0.15, -0.1) is 0 Å². The highest BCUT2D eigenvalue weighted by molar-refractivity contribution is 9.10. The van der Waals surface area contributed by atoms with Gasteiger partial charge in [0.1, 0.15) is 12.1 Å². The van der Waals surface area contributed by atoms with E-state index in [1.54, 1.807) is 6.92 Å². The number of hydrogen-bond donors (Lipinski definition) is 1. The van der Waals surface area contributed by atoms with Gasteiger partial charge in [-0.2, -0.15) is 0 Å². The number of hydrogen-bond acceptors (Lipinski definition) is 4. The fourth-order valence-electron chi connectivity index (χ4n) is 2.68. The number of nitrogens with zero attached hydrogens (tertiary/aromatic N) is 3. The molecule has 0 saturated heterocycles. The van der Waals surface area contributed by atoms with Crippen LogP contribution >= 0.6 is 15.9 Å². The van der Waals surface area contributed by atoms with E-state index in [2.05, 4.69) is 42.9 Å². The molecule has 3 rings (SSSR count). The van der Waals surface area contributed by atoms with Gasteiger partial charge >= 0.3 is 5.97 Å². The van der Waals surface area contributed by atoms with Crippen molar-refractivity contribution in [1.29, 1.82) is 0 Å². The second kappa shape index (κ2) is 5.44. The molecule has 0 aliphatic carbocycles. The predicted molar refractivity (Wildman–Crippen MR) is 82.6 cm³/mol. The zero-order valence-corrected chi connectivity index (χ0v) is 13.1. The maximum atomic E-state index is 11.2. The molecule has 1 aromatic heterocycles. The van der Waals surface area contributed by atoms with Crippen molar-refractivity contribution in [2.24, 2.45) is 0 Å². The normalized spacial score (nSPS) is 13.9. The Labute approximate surface area is 130 Å². The minimum absolute atomic E-state index is 0.0695. The third-order valence-corrected chi connectivity index (χ3v) is 4.23. The van der Waals surface area contributed by atoms with Crippen molar-refractivity contribution in [2.75, 3.05) is 11.4 Å². The molecule has 0 bridgehead atoms. The third kappa shape index (κ3) is 2.63. The van der Waals surface area contributed by atoms with Crippen molar-refractivity contribution in [3.05, 3.63) is 51.4 Å². The number of fused-ring (bicyclic) bond motifs is 1. The van der Waals surface area contributed by atoms with Gasteiger partial charge in [0.25, 0.3) is 0 Å². The summed E-state index contributed by atoms with van der Waals surface area (Å²) < 4.78 is 1.05. The monoisotopic (exact) mass is 347 g/mol. The number of halogens is 1. The summed E-state index contributed by atoms with van der Waals surface area (Å²) >= 11 is 3.49. The minimum atomic E-state index is -1.02. The van der Waals surface area contributed by atoms with Gasteiger partial charge in [-0.05, 0) is 36.6 Å². The molecule has 0 amide bonds. The SMILES string of the molecule is Cc1c(C(=O)O)ncnc1N1CCc2ccc(Br)cc2C1. The Morgan fingerprint density at radius 2 is 2.14 bits per heavy atom. The molecule has 0 radical (unpaired) electrons. The lowest BCUT2D eigenvalue weighted by Gasteiger charge is -2.31. The van der Waals surface area contributed by atoms with E-state index in [0.29, 0.717) is 11.4 Å². The van der Waals surface area contributed by atoms with Crippen LogP contribution in [0.3, 0.4) is 0 Å². The molecular formula is C15H14BrN3O2. The van der Waals surface area contributed by atoms with Crippen molar-refractivity contribution in [3.8, 4) is 0 Å². The molecule has 108 valence electrons. The molecular weight excluding hydrogens is 334 g/mol. The van der Waals surface area contributed by atoms with Crippen LogP contribution in [0.4, 0.5) is 5.82 Å². The van der Waals surface area contributed by atoms with E-state index in [1.165, 1.54) is 17.5 Å². The molecule has 1 aromatic carbocycles. The van der Waals surface area contributed by atoms with E-state index >= 15 is 0 Å². The largest absolute Gasteiger partial charge is 0.476 e. The van der Waals surface area contributed by atoms with Gasteiger partial charge in [0.05, 0.1) is 0 Å². The molecule has 2 aromatic rings. The van der Waals surface area contributed by atoms with Gasteiger partial charge in [0.2, 0.25) is 0 Å². The van der Waals surface area contributed by atoms with E-state index in [1.807, 2.05) is 6.07 Å². The van der Waals surface area contributed by atoms with Crippen LogP contribution in [0.5, 0.6) is 0 Å². The lowest BCUT2D eigenvalue weighted by molar-refractivity contribution is 0.0689. The number of rotatable bonds is 2. The first kappa shape index (κ1) is 14.0. The van der Waals surface area contributed by atoms with Gasteiger partial charge in [0.15, 0.2) is 5.69 Å². The van der Waals surface area contributed by atoms with E-state index in [0.717, 1.165) is 24.0 Å². The smallest absolute Gasteiger partial charge is 0.354 e. The van der Waals surface area contributed by atoms with Gasteiger partial charge in [0, 0.05) is 23.1 Å². The number of carboxylic acids is 1. The molecule has 0 saturated carbocycles. The van der Waals surface area contributed by atoms with Crippen LogP contribution in [0.15, 0.2) is 29.0 Å². The molecule has 0 unspecified atom stereocenters. The quantitative estimate of drug-likeness (QED) is 0.904. The molecule has 5 nitrogen and oxygen atoms in total. The molecule has 6 heteroatoms. The summed E-state index contributed by atoms with van der Waals surface area (Å²) in [6.45, 7) is 3.31. The van der Waals surface area contributed by atoms with Crippen LogP contribution in [0.25, 0.3) is 0 Å².